The topological polar surface area (TPSA) is 55.7 Å². The number of hydrogen-bond donors (Lipinski definition) is 1. The van der Waals surface area contributed by atoms with Gasteiger partial charge in [-0.1, -0.05) is 54.6 Å². The van der Waals surface area contributed by atoms with Gasteiger partial charge in [0.05, 0.1) is 25.1 Å². The summed E-state index contributed by atoms with van der Waals surface area (Å²) in [5.74, 6) is 0. The minimum Gasteiger partial charge on any atom is -0.348 e. The van der Waals surface area contributed by atoms with Gasteiger partial charge in [0, 0.05) is 22.1 Å². The van der Waals surface area contributed by atoms with E-state index < -0.39 is 0 Å². The van der Waals surface area contributed by atoms with E-state index in [0.717, 1.165) is 47.2 Å². The van der Waals surface area contributed by atoms with Crippen LogP contribution < -0.4 is 5.43 Å². The lowest BCUT2D eigenvalue weighted by atomic mass is 10.1. The zero-order chi connectivity index (χ0) is 17.6. The number of nitrogens with one attached hydrogen (secondary N) is 1. The smallest absolute Gasteiger partial charge is 0.203 e. The monoisotopic (exact) mass is 365 g/mol. The highest BCUT2D eigenvalue weighted by molar-refractivity contribution is 7.14. The molecule has 1 aromatic heterocycles. The van der Waals surface area contributed by atoms with Crippen molar-refractivity contribution in [3.63, 3.8) is 0 Å². The number of anilines is 1. The van der Waals surface area contributed by atoms with Gasteiger partial charge in [0.2, 0.25) is 5.13 Å². The number of thiazole rings is 1. The maximum absolute atomic E-state index is 5.71. The van der Waals surface area contributed by atoms with E-state index in [-0.39, 0.29) is 6.29 Å². The van der Waals surface area contributed by atoms with Gasteiger partial charge in [0.15, 0.2) is 6.29 Å². The van der Waals surface area contributed by atoms with Crippen LogP contribution in [0.4, 0.5) is 5.13 Å². The molecular weight excluding hydrogens is 346 g/mol. The second-order valence-corrected chi connectivity index (χ2v) is 6.69. The van der Waals surface area contributed by atoms with Crippen molar-refractivity contribution in [1.29, 1.82) is 0 Å². The third kappa shape index (κ3) is 3.99. The number of benzene rings is 2. The molecule has 0 radical (unpaired) electrons. The van der Waals surface area contributed by atoms with E-state index >= 15 is 0 Å². The van der Waals surface area contributed by atoms with Crippen LogP contribution in [-0.4, -0.2) is 24.4 Å². The fourth-order valence-corrected chi connectivity index (χ4v) is 3.40. The van der Waals surface area contributed by atoms with E-state index in [1.54, 1.807) is 6.21 Å². The first kappa shape index (κ1) is 16.9. The largest absolute Gasteiger partial charge is 0.348 e. The lowest BCUT2D eigenvalue weighted by Gasteiger charge is -2.24. The first-order valence-electron chi connectivity index (χ1n) is 8.52. The van der Waals surface area contributed by atoms with Crippen LogP contribution in [0.5, 0.6) is 0 Å². The average molecular weight is 365 g/mol. The number of ether oxygens (including phenoxy) is 2. The predicted octanol–water partition coefficient (Wildman–Crippen LogP) is 4.69. The third-order valence-corrected chi connectivity index (χ3v) is 4.76. The lowest BCUT2D eigenvalue weighted by Crippen LogP contribution is -2.18. The van der Waals surface area contributed by atoms with Gasteiger partial charge in [-0.05, 0) is 6.42 Å². The Morgan fingerprint density at radius 1 is 1.04 bits per heavy atom. The predicted molar refractivity (Wildman–Crippen MR) is 104 cm³/mol. The van der Waals surface area contributed by atoms with E-state index in [9.17, 15) is 0 Å². The van der Waals surface area contributed by atoms with Crippen LogP contribution >= 0.6 is 11.3 Å². The molecule has 1 saturated heterocycles. The van der Waals surface area contributed by atoms with Gasteiger partial charge >= 0.3 is 0 Å². The van der Waals surface area contributed by atoms with E-state index in [2.05, 4.69) is 15.5 Å². The minimum atomic E-state index is -0.323. The van der Waals surface area contributed by atoms with Crippen LogP contribution in [-0.2, 0) is 9.47 Å². The zero-order valence-electron chi connectivity index (χ0n) is 14.2. The molecule has 5 nitrogen and oxygen atoms in total. The number of hydrazone groups is 1. The fourth-order valence-electron chi connectivity index (χ4n) is 2.73. The number of aromatic nitrogens is 1. The SMILES string of the molecule is C(=NNc1nc(-c2ccccc2)cs1)c1ccccc1C1OCCCO1. The van der Waals surface area contributed by atoms with Crippen molar-refractivity contribution in [2.75, 3.05) is 18.6 Å². The molecule has 0 bridgehead atoms. The fraction of sp³-hybridized carbons (Fsp3) is 0.200. The maximum atomic E-state index is 5.71. The van der Waals surface area contributed by atoms with Gasteiger partial charge in [0.1, 0.15) is 0 Å². The number of rotatable bonds is 5. The van der Waals surface area contributed by atoms with E-state index in [1.807, 2.05) is 60.0 Å². The molecule has 26 heavy (non-hydrogen) atoms. The Labute approximate surface area is 156 Å². The molecule has 0 saturated carbocycles. The van der Waals surface area contributed by atoms with Crippen molar-refractivity contribution in [1.82, 2.24) is 4.98 Å². The molecule has 0 atom stereocenters. The van der Waals surface area contributed by atoms with Crippen LogP contribution in [0, 0.1) is 0 Å². The van der Waals surface area contributed by atoms with Crippen LogP contribution in [0.15, 0.2) is 65.1 Å². The molecule has 2 aromatic carbocycles. The Hall–Kier alpha value is -2.54. The molecule has 6 heteroatoms. The minimum absolute atomic E-state index is 0.323. The molecule has 0 unspecified atom stereocenters. The molecule has 3 aromatic rings. The van der Waals surface area contributed by atoms with Gasteiger partial charge in [-0.25, -0.2) is 4.98 Å². The summed E-state index contributed by atoms with van der Waals surface area (Å²) in [4.78, 5) is 4.57. The van der Waals surface area contributed by atoms with Crippen LogP contribution in [0.25, 0.3) is 11.3 Å². The molecule has 1 N–H and O–H groups in total. The second-order valence-electron chi connectivity index (χ2n) is 5.83. The summed E-state index contributed by atoms with van der Waals surface area (Å²) in [7, 11) is 0. The maximum Gasteiger partial charge on any atom is 0.203 e. The molecule has 1 fully saturated rings. The summed E-state index contributed by atoms with van der Waals surface area (Å²) in [5.41, 5.74) is 7.00. The molecule has 132 valence electrons. The van der Waals surface area contributed by atoms with E-state index in [4.69, 9.17) is 9.47 Å². The molecule has 4 rings (SSSR count). The van der Waals surface area contributed by atoms with Crippen molar-refractivity contribution in [3.8, 4) is 11.3 Å². The third-order valence-electron chi connectivity index (χ3n) is 4.01. The summed E-state index contributed by atoms with van der Waals surface area (Å²) in [6.07, 6.45) is 2.39. The molecule has 1 aliphatic rings. The first-order valence-corrected chi connectivity index (χ1v) is 9.40. The Kier molecular flexibility index (Phi) is 5.35. The summed E-state index contributed by atoms with van der Waals surface area (Å²) in [6, 6.07) is 18.1. The lowest BCUT2D eigenvalue weighted by molar-refractivity contribution is -0.183. The molecule has 2 heterocycles. The summed E-state index contributed by atoms with van der Waals surface area (Å²) < 4.78 is 11.4. The van der Waals surface area contributed by atoms with Gasteiger partial charge < -0.3 is 9.47 Å². The Balaban J connectivity index is 1.45. The van der Waals surface area contributed by atoms with Crippen molar-refractivity contribution < 1.29 is 9.47 Å². The number of nitrogens with zero attached hydrogens (tertiary/aromatic N) is 2. The van der Waals surface area contributed by atoms with Crippen LogP contribution in [0.3, 0.4) is 0 Å². The van der Waals surface area contributed by atoms with E-state index in [1.165, 1.54) is 11.3 Å². The van der Waals surface area contributed by atoms with Crippen molar-refractivity contribution in [2.45, 2.75) is 12.7 Å². The second kappa shape index (κ2) is 8.23. The Bertz CT molecular complexity index is 874. The molecule has 0 aliphatic carbocycles. The summed E-state index contributed by atoms with van der Waals surface area (Å²) in [5, 5.41) is 7.11. The molecule has 0 spiro atoms. The zero-order valence-corrected chi connectivity index (χ0v) is 15.0. The molecule has 0 amide bonds. The van der Waals surface area contributed by atoms with Crippen molar-refractivity contribution >= 4 is 22.7 Å². The normalized spacial score (nSPS) is 15.4. The highest BCUT2D eigenvalue weighted by atomic mass is 32.1. The van der Waals surface area contributed by atoms with E-state index in [0.29, 0.717) is 0 Å². The van der Waals surface area contributed by atoms with Gasteiger partial charge in [-0.15, -0.1) is 11.3 Å². The Morgan fingerprint density at radius 3 is 2.65 bits per heavy atom. The van der Waals surface area contributed by atoms with Crippen LogP contribution in [0.1, 0.15) is 23.8 Å². The van der Waals surface area contributed by atoms with Gasteiger partial charge in [0.25, 0.3) is 0 Å². The van der Waals surface area contributed by atoms with Gasteiger partial charge in [-0.3, -0.25) is 5.43 Å². The van der Waals surface area contributed by atoms with Crippen molar-refractivity contribution in [2.24, 2.45) is 5.10 Å². The Morgan fingerprint density at radius 2 is 1.81 bits per heavy atom. The standard InChI is InChI=1S/C20H19N3O2S/c1-2-7-15(8-3-1)18-14-26-20(22-18)23-21-13-16-9-4-5-10-17(16)19-24-11-6-12-25-19/h1-5,7-10,13-14,19H,6,11-12H2,(H,22,23). The van der Waals surface area contributed by atoms with Crippen LogP contribution in [0.2, 0.25) is 0 Å². The first-order chi connectivity index (χ1) is 12.9. The number of hydrogen-bond acceptors (Lipinski definition) is 6. The molecular formula is C20H19N3O2S. The quantitative estimate of drug-likeness (QED) is 0.526. The van der Waals surface area contributed by atoms with Gasteiger partial charge in [-0.2, -0.15) is 5.10 Å². The van der Waals surface area contributed by atoms with Crippen molar-refractivity contribution in [3.05, 3.63) is 71.1 Å². The highest BCUT2D eigenvalue weighted by Crippen LogP contribution is 2.26. The average Bonchev–Trinajstić information content (AvgIpc) is 3.19. The molecule has 1 aliphatic heterocycles. The summed E-state index contributed by atoms with van der Waals surface area (Å²) in [6.45, 7) is 1.44. The summed E-state index contributed by atoms with van der Waals surface area (Å²) >= 11 is 1.53. The highest BCUT2D eigenvalue weighted by Gasteiger charge is 2.18.